The van der Waals surface area contributed by atoms with Gasteiger partial charge in [-0.15, -0.1) is 0 Å². The van der Waals surface area contributed by atoms with Crippen molar-refractivity contribution >= 4 is 33.0 Å². The Morgan fingerprint density at radius 1 is 1.27 bits per heavy atom. The van der Waals surface area contributed by atoms with E-state index in [1.54, 1.807) is 6.07 Å². The molecule has 8 heteroatoms. The summed E-state index contributed by atoms with van der Waals surface area (Å²) in [5, 5.41) is 2.78. The van der Waals surface area contributed by atoms with Crippen molar-refractivity contribution in [1.82, 2.24) is 25.3 Å². The topological polar surface area (TPSA) is 83.6 Å². The molecule has 0 saturated heterocycles. The average molecular weight is 418 g/mol. The van der Waals surface area contributed by atoms with Crippen molar-refractivity contribution in [3.05, 3.63) is 51.9 Å². The summed E-state index contributed by atoms with van der Waals surface area (Å²) < 4.78 is 14.1. The maximum Gasteiger partial charge on any atom is 0.272 e. The van der Waals surface area contributed by atoms with Crippen LogP contribution in [0.4, 0.5) is 4.39 Å². The van der Waals surface area contributed by atoms with Crippen LogP contribution in [0.15, 0.2) is 29.0 Å². The molecular formula is C18H17BrFN5O. The molecule has 0 bridgehead atoms. The molecule has 1 fully saturated rings. The van der Waals surface area contributed by atoms with Gasteiger partial charge in [-0.05, 0) is 36.6 Å². The Morgan fingerprint density at radius 2 is 2.08 bits per heavy atom. The number of nitrogens with one attached hydrogen (secondary N) is 2. The third kappa shape index (κ3) is 3.46. The molecule has 0 radical (unpaired) electrons. The number of imidazole rings is 1. The fraction of sp³-hybridized carbons (Fsp3) is 0.333. The first-order valence-electron chi connectivity index (χ1n) is 8.54. The first-order valence-corrected chi connectivity index (χ1v) is 9.33. The van der Waals surface area contributed by atoms with E-state index in [1.165, 1.54) is 31.3 Å². The van der Waals surface area contributed by atoms with Gasteiger partial charge in [0.15, 0.2) is 11.3 Å². The minimum Gasteiger partial charge on any atom is -0.347 e. The minimum atomic E-state index is -0.358. The van der Waals surface area contributed by atoms with Gasteiger partial charge in [0.1, 0.15) is 23.5 Å². The van der Waals surface area contributed by atoms with Crippen molar-refractivity contribution in [1.29, 1.82) is 0 Å². The summed E-state index contributed by atoms with van der Waals surface area (Å²) in [7, 11) is 0. The van der Waals surface area contributed by atoms with E-state index in [9.17, 15) is 9.18 Å². The van der Waals surface area contributed by atoms with Crippen LogP contribution < -0.4 is 5.32 Å². The van der Waals surface area contributed by atoms with E-state index in [0.29, 0.717) is 27.1 Å². The summed E-state index contributed by atoms with van der Waals surface area (Å²) >= 11 is 3.25. The Morgan fingerprint density at radius 3 is 2.85 bits per heavy atom. The smallest absolute Gasteiger partial charge is 0.272 e. The number of aromatic nitrogens is 4. The normalized spacial score (nSPS) is 14.8. The van der Waals surface area contributed by atoms with E-state index in [-0.39, 0.29) is 24.0 Å². The zero-order chi connectivity index (χ0) is 18.1. The van der Waals surface area contributed by atoms with E-state index in [2.05, 4.69) is 41.2 Å². The molecule has 3 aromatic rings. The fourth-order valence-corrected chi connectivity index (χ4v) is 3.90. The minimum absolute atomic E-state index is 0.199. The van der Waals surface area contributed by atoms with Crippen molar-refractivity contribution in [3.63, 3.8) is 0 Å². The molecule has 1 aliphatic rings. The van der Waals surface area contributed by atoms with Crippen molar-refractivity contribution in [3.8, 4) is 0 Å². The van der Waals surface area contributed by atoms with Gasteiger partial charge < -0.3 is 10.3 Å². The number of hydrogen-bond acceptors (Lipinski definition) is 4. The van der Waals surface area contributed by atoms with Crippen molar-refractivity contribution in [2.45, 2.75) is 38.1 Å². The number of halogens is 2. The van der Waals surface area contributed by atoms with E-state index in [1.807, 2.05) is 0 Å². The number of nitrogens with zero attached hydrogens (tertiary/aromatic N) is 3. The van der Waals surface area contributed by atoms with Crippen molar-refractivity contribution in [2.75, 3.05) is 0 Å². The number of carbonyl (C=O) groups is 1. The molecule has 1 saturated carbocycles. The molecular weight excluding hydrogens is 401 g/mol. The Hall–Kier alpha value is -2.35. The van der Waals surface area contributed by atoms with Crippen LogP contribution in [-0.4, -0.2) is 25.8 Å². The van der Waals surface area contributed by atoms with Crippen LogP contribution in [0.2, 0.25) is 0 Å². The number of aromatic amines is 1. The van der Waals surface area contributed by atoms with Gasteiger partial charge in [0.2, 0.25) is 0 Å². The van der Waals surface area contributed by atoms with E-state index in [4.69, 9.17) is 0 Å². The van der Waals surface area contributed by atoms with Crippen LogP contribution in [0.25, 0.3) is 11.2 Å². The molecule has 0 spiro atoms. The maximum atomic E-state index is 13.5. The fourth-order valence-electron chi connectivity index (χ4n) is 3.39. The SMILES string of the molecule is O=C(NCc1cc(F)cc(Br)c1)c1ncnc2nc(C3CCCC3)[nH]c12. The number of carbonyl (C=O) groups excluding carboxylic acids is 1. The molecule has 2 aromatic heterocycles. The second kappa shape index (κ2) is 7.11. The van der Waals surface area contributed by atoms with Gasteiger partial charge in [-0.25, -0.2) is 19.3 Å². The first-order chi connectivity index (χ1) is 12.6. The highest BCUT2D eigenvalue weighted by molar-refractivity contribution is 9.10. The Labute approximate surface area is 157 Å². The molecule has 4 rings (SSSR count). The predicted molar refractivity (Wildman–Crippen MR) is 98.2 cm³/mol. The second-order valence-electron chi connectivity index (χ2n) is 6.48. The van der Waals surface area contributed by atoms with Gasteiger partial charge in [-0.3, -0.25) is 4.79 Å². The lowest BCUT2D eigenvalue weighted by atomic mass is 10.1. The average Bonchev–Trinajstić information content (AvgIpc) is 3.27. The standard InChI is InChI=1S/C18H17BrFN5O/c19-12-5-10(6-13(20)7-12)8-21-18(26)15-14-17(23-9-22-15)25-16(24-14)11-3-1-2-4-11/h5-7,9,11H,1-4,8H2,(H,21,26)(H,22,23,24,25). The van der Waals surface area contributed by atoms with Gasteiger partial charge in [-0.2, -0.15) is 0 Å². The van der Waals surface area contributed by atoms with Crippen LogP contribution >= 0.6 is 15.9 Å². The van der Waals surface area contributed by atoms with E-state index < -0.39 is 0 Å². The molecule has 2 N–H and O–H groups in total. The number of benzene rings is 1. The summed E-state index contributed by atoms with van der Waals surface area (Å²) in [5.41, 5.74) is 1.96. The number of H-pyrrole nitrogens is 1. The van der Waals surface area contributed by atoms with Gasteiger partial charge in [-0.1, -0.05) is 28.8 Å². The number of rotatable bonds is 4. The lowest BCUT2D eigenvalue weighted by molar-refractivity contribution is 0.0947. The highest BCUT2D eigenvalue weighted by Gasteiger charge is 2.23. The molecule has 2 heterocycles. The molecule has 0 aliphatic heterocycles. The van der Waals surface area contributed by atoms with Crippen LogP contribution in [0.1, 0.15) is 53.5 Å². The highest BCUT2D eigenvalue weighted by atomic mass is 79.9. The largest absolute Gasteiger partial charge is 0.347 e. The van der Waals surface area contributed by atoms with Crippen LogP contribution in [-0.2, 0) is 6.54 Å². The zero-order valence-electron chi connectivity index (χ0n) is 13.9. The maximum absolute atomic E-state index is 13.5. The molecule has 1 aliphatic carbocycles. The lowest BCUT2D eigenvalue weighted by Crippen LogP contribution is -2.24. The summed E-state index contributed by atoms with van der Waals surface area (Å²) in [6, 6.07) is 4.51. The van der Waals surface area contributed by atoms with Gasteiger partial charge in [0, 0.05) is 16.9 Å². The van der Waals surface area contributed by atoms with E-state index >= 15 is 0 Å². The second-order valence-corrected chi connectivity index (χ2v) is 7.40. The van der Waals surface area contributed by atoms with Gasteiger partial charge in [0.25, 0.3) is 5.91 Å². The highest BCUT2D eigenvalue weighted by Crippen LogP contribution is 2.33. The summed E-state index contributed by atoms with van der Waals surface area (Å²) in [6.45, 7) is 0.199. The molecule has 6 nitrogen and oxygen atoms in total. The molecule has 0 unspecified atom stereocenters. The third-order valence-electron chi connectivity index (χ3n) is 4.64. The Kier molecular flexibility index (Phi) is 4.67. The van der Waals surface area contributed by atoms with Crippen LogP contribution in [0.5, 0.6) is 0 Å². The molecule has 0 atom stereocenters. The molecule has 1 amide bonds. The van der Waals surface area contributed by atoms with Crippen molar-refractivity contribution < 1.29 is 9.18 Å². The number of hydrogen-bond donors (Lipinski definition) is 2. The first kappa shape index (κ1) is 17.1. The molecule has 134 valence electrons. The predicted octanol–water partition coefficient (Wildman–Crippen LogP) is 3.84. The van der Waals surface area contributed by atoms with Gasteiger partial charge >= 0.3 is 0 Å². The summed E-state index contributed by atoms with van der Waals surface area (Å²) in [6.07, 6.45) is 5.94. The zero-order valence-corrected chi connectivity index (χ0v) is 15.5. The van der Waals surface area contributed by atoms with Crippen LogP contribution in [0, 0.1) is 5.82 Å². The number of amides is 1. The quantitative estimate of drug-likeness (QED) is 0.675. The van der Waals surface area contributed by atoms with Crippen molar-refractivity contribution in [2.24, 2.45) is 0 Å². The Bertz CT molecular complexity index is 947. The van der Waals surface area contributed by atoms with Crippen LogP contribution in [0.3, 0.4) is 0 Å². The number of fused-ring (bicyclic) bond motifs is 1. The van der Waals surface area contributed by atoms with Gasteiger partial charge in [0.05, 0.1) is 0 Å². The Balaban J connectivity index is 1.56. The van der Waals surface area contributed by atoms with E-state index in [0.717, 1.165) is 18.7 Å². The lowest BCUT2D eigenvalue weighted by Gasteiger charge is -2.06. The third-order valence-corrected chi connectivity index (χ3v) is 5.10. The monoisotopic (exact) mass is 417 g/mol. The molecule has 26 heavy (non-hydrogen) atoms. The summed E-state index contributed by atoms with van der Waals surface area (Å²) in [5.74, 6) is 0.563. The molecule has 1 aromatic carbocycles. The summed E-state index contributed by atoms with van der Waals surface area (Å²) in [4.78, 5) is 28.6.